The number of hydrogen-bond acceptors (Lipinski definition) is 2. The van der Waals surface area contributed by atoms with Crippen LogP contribution in [0.2, 0.25) is 0 Å². The molecule has 3 rings (SSSR count). The van der Waals surface area contributed by atoms with Gasteiger partial charge in [-0.1, -0.05) is 67.8 Å². The van der Waals surface area contributed by atoms with Crippen molar-refractivity contribution >= 4 is 5.97 Å². The van der Waals surface area contributed by atoms with Crippen molar-refractivity contribution in [1.29, 1.82) is 0 Å². The largest absolute Gasteiger partial charge is 0.461 e. The first-order chi connectivity index (χ1) is 10.8. The molecule has 2 heteroatoms. The molecule has 0 heterocycles. The molecule has 0 spiro atoms. The number of ether oxygens (including phenoxy) is 1. The van der Waals surface area contributed by atoms with Gasteiger partial charge in [0.2, 0.25) is 0 Å². The first-order valence-electron chi connectivity index (χ1n) is 8.08. The SMILES string of the molecule is O=C(OCC1(c2ccccc2)CCCCC1)c1ccccc1. The molecule has 114 valence electrons. The van der Waals surface area contributed by atoms with Crippen molar-refractivity contribution in [2.45, 2.75) is 37.5 Å². The van der Waals surface area contributed by atoms with Gasteiger partial charge >= 0.3 is 5.97 Å². The van der Waals surface area contributed by atoms with Crippen LogP contribution in [0, 0.1) is 0 Å². The maximum absolute atomic E-state index is 12.2. The molecule has 2 nitrogen and oxygen atoms in total. The summed E-state index contributed by atoms with van der Waals surface area (Å²) in [5.41, 5.74) is 1.92. The van der Waals surface area contributed by atoms with Crippen molar-refractivity contribution in [2.24, 2.45) is 0 Å². The molecule has 2 aromatic rings. The molecule has 22 heavy (non-hydrogen) atoms. The molecule has 1 saturated carbocycles. The van der Waals surface area contributed by atoms with Crippen molar-refractivity contribution in [3.05, 3.63) is 71.8 Å². The van der Waals surface area contributed by atoms with Gasteiger partial charge in [-0.15, -0.1) is 0 Å². The zero-order chi connectivity index (χ0) is 15.3. The zero-order valence-corrected chi connectivity index (χ0v) is 12.8. The summed E-state index contributed by atoms with van der Waals surface area (Å²) >= 11 is 0. The third-order valence-corrected chi connectivity index (χ3v) is 4.69. The summed E-state index contributed by atoms with van der Waals surface area (Å²) in [4.78, 5) is 12.2. The molecule has 2 aromatic carbocycles. The van der Waals surface area contributed by atoms with Gasteiger partial charge in [-0.25, -0.2) is 4.79 Å². The number of carbonyl (C=O) groups is 1. The van der Waals surface area contributed by atoms with Gasteiger partial charge in [0, 0.05) is 5.41 Å². The third kappa shape index (κ3) is 3.22. The van der Waals surface area contributed by atoms with E-state index in [1.54, 1.807) is 12.1 Å². The average Bonchev–Trinajstić information content (AvgIpc) is 2.62. The zero-order valence-electron chi connectivity index (χ0n) is 12.8. The molecule has 0 atom stereocenters. The fraction of sp³-hybridized carbons (Fsp3) is 0.350. The summed E-state index contributed by atoms with van der Waals surface area (Å²) in [6, 6.07) is 19.8. The number of rotatable bonds is 4. The van der Waals surface area contributed by atoms with Crippen LogP contribution in [0.4, 0.5) is 0 Å². The van der Waals surface area contributed by atoms with Crippen LogP contribution in [0.3, 0.4) is 0 Å². The van der Waals surface area contributed by atoms with E-state index >= 15 is 0 Å². The van der Waals surface area contributed by atoms with E-state index in [9.17, 15) is 4.79 Å². The molecule has 1 fully saturated rings. The Morgan fingerprint density at radius 2 is 1.45 bits per heavy atom. The van der Waals surface area contributed by atoms with Crippen molar-refractivity contribution in [2.75, 3.05) is 6.61 Å². The molecule has 0 radical (unpaired) electrons. The van der Waals surface area contributed by atoms with E-state index in [2.05, 4.69) is 24.3 Å². The van der Waals surface area contributed by atoms with Crippen LogP contribution in [0.5, 0.6) is 0 Å². The van der Waals surface area contributed by atoms with Gasteiger partial charge in [-0.2, -0.15) is 0 Å². The molecule has 1 aliphatic rings. The minimum Gasteiger partial charge on any atom is -0.461 e. The standard InChI is InChI=1S/C20H22O2/c21-19(17-10-4-1-5-11-17)22-16-20(14-8-3-9-15-20)18-12-6-2-7-13-18/h1-2,4-7,10-13H,3,8-9,14-16H2. The van der Waals surface area contributed by atoms with E-state index in [-0.39, 0.29) is 11.4 Å². The summed E-state index contributed by atoms with van der Waals surface area (Å²) in [7, 11) is 0. The molecular weight excluding hydrogens is 272 g/mol. The average molecular weight is 294 g/mol. The normalized spacial score (nSPS) is 16.9. The highest BCUT2D eigenvalue weighted by Gasteiger charge is 2.35. The molecule has 0 N–H and O–H groups in total. The van der Waals surface area contributed by atoms with E-state index < -0.39 is 0 Å². The van der Waals surface area contributed by atoms with Crippen LogP contribution in [-0.4, -0.2) is 12.6 Å². The summed E-state index contributed by atoms with van der Waals surface area (Å²) in [5.74, 6) is -0.221. The van der Waals surface area contributed by atoms with Crippen LogP contribution in [-0.2, 0) is 10.2 Å². The van der Waals surface area contributed by atoms with Crippen molar-refractivity contribution in [1.82, 2.24) is 0 Å². The lowest BCUT2D eigenvalue weighted by atomic mass is 9.70. The van der Waals surface area contributed by atoms with Gasteiger partial charge in [0.25, 0.3) is 0 Å². The van der Waals surface area contributed by atoms with Gasteiger partial charge < -0.3 is 4.74 Å². The van der Waals surface area contributed by atoms with Gasteiger partial charge in [-0.05, 0) is 30.5 Å². The van der Waals surface area contributed by atoms with Crippen molar-refractivity contribution in [3.63, 3.8) is 0 Å². The number of benzene rings is 2. The Bertz CT molecular complexity index is 598. The van der Waals surface area contributed by atoms with Crippen LogP contribution in [0.25, 0.3) is 0 Å². The quantitative estimate of drug-likeness (QED) is 0.761. The van der Waals surface area contributed by atoms with E-state index in [4.69, 9.17) is 4.74 Å². The molecule has 0 saturated heterocycles. The second-order valence-corrected chi connectivity index (χ2v) is 6.15. The summed E-state index contributed by atoms with van der Waals surface area (Å²) in [6.45, 7) is 0.477. The predicted molar refractivity (Wildman–Crippen MR) is 87.9 cm³/mol. The smallest absolute Gasteiger partial charge is 0.338 e. The molecule has 0 aliphatic heterocycles. The molecule has 0 amide bonds. The monoisotopic (exact) mass is 294 g/mol. The molecule has 0 aromatic heterocycles. The molecule has 1 aliphatic carbocycles. The minimum atomic E-state index is -0.221. The fourth-order valence-corrected chi connectivity index (χ4v) is 3.40. The van der Waals surface area contributed by atoms with E-state index in [0.717, 1.165) is 12.8 Å². The van der Waals surface area contributed by atoms with Gasteiger partial charge in [0.05, 0.1) is 5.56 Å². The van der Waals surface area contributed by atoms with Gasteiger partial charge in [0.1, 0.15) is 6.61 Å². The highest BCUT2D eigenvalue weighted by Crippen LogP contribution is 2.39. The van der Waals surface area contributed by atoms with Crippen LogP contribution in [0.1, 0.15) is 48.0 Å². The summed E-state index contributed by atoms with van der Waals surface area (Å²) < 4.78 is 5.69. The van der Waals surface area contributed by atoms with Crippen molar-refractivity contribution in [3.8, 4) is 0 Å². The first-order valence-corrected chi connectivity index (χ1v) is 8.08. The Morgan fingerprint density at radius 1 is 0.864 bits per heavy atom. The Kier molecular flexibility index (Phi) is 4.57. The van der Waals surface area contributed by atoms with Gasteiger partial charge in [0.15, 0.2) is 0 Å². The van der Waals surface area contributed by atoms with Crippen molar-refractivity contribution < 1.29 is 9.53 Å². The highest BCUT2D eigenvalue weighted by atomic mass is 16.5. The Labute approximate surface area is 132 Å². The number of hydrogen-bond donors (Lipinski definition) is 0. The molecule has 0 unspecified atom stereocenters. The maximum Gasteiger partial charge on any atom is 0.338 e. The minimum absolute atomic E-state index is 0.00997. The molecule has 0 bridgehead atoms. The summed E-state index contributed by atoms with van der Waals surface area (Å²) in [6.07, 6.45) is 5.88. The lowest BCUT2D eigenvalue weighted by molar-refractivity contribution is 0.0352. The second kappa shape index (κ2) is 6.78. The lowest BCUT2D eigenvalue weighted by Crippen LogP contribution is -2.35. The summed E-state index contributed by atoms with van der Waals surface area (Å²) in [5, 5.41) is 0. The van der Waals surface area contributed by atoms with Gasteiger partial charge in [-0.3, -0.25) is 0 Å². The van der Waals surface area contributed by atoms with E-state index in [0.29, 0.717) is 12.2 Å². The highest BCUT2D eigenvalue weighted by molar-refractivity contribution is 5.89. The van der Waals surface area contributed by atoms with Crippen LogP contribution >= 0.6 is 0 Å². The second-order valence-electron chi connectivity index (χ2n) is 6.15. The fourth-order valence-electron chi connectivity index (χ4n) is 3.40. The Hall–Kier alpha value is -2.09. The number of esters is 1. The lowest BCUT2D eigenvalue weighted by Gasteiger charge is -2.37. The predicted octanol–water partition coefficient (Wildman–Crippen LogP) is 4.75. The first kappa shape index (κ1) is 14.8. The Balaban J connectivity index is 1.75. The van der Waals surface area contributed by atoms with Crippen LogP contribution in [0.15, 0.2) is 60.7 Å². The molecular formula is C20H22O2. The Morgan fingerprint density at radius 3 is 2.09 bits per heavy atom. The maximum atomic E-state index is 12.2. The van der Waals surface area contributed by atoms with E-state index in [1.807, 2.05) is 24.3 Å². The van der Waals surface area contributed by atoms with E-state index in [1.165, 1.54) is 24.8 Å². The number of carbonyl (C=O) groups excluding carboxylic acids is 1. The topological polar surface area (TPSA) is 26.3 Å². The third-order valence-electron chi connectivity index (χ3n) is 4.69. The van der Waals surface area contributed by atoms with Crippen LogP contribution < -0.4 is 0 Å².